The number of nitrogens with zero attached hydrogens (tertiary/aromatic N) is 2. The lowest BCUT2D eigenvalue weighted by atomic mass is 10.1. The van der Waals surface area contributed by atoms with Crippen LogP contribution in [0.3, 0.4) is 0 Å². The van der Waals surface area contributed by atoms with E-state index in [4.69, 9.17) is 4.42 Å². The molecule has 3 aromatic carbocycles. The van der Waals surface area contributed by atoms with Gasteiger partial charge in [0.1, 0.15) is 11.3 Å². The van der Waals surface area contributed by atoms with Crippen LogP contribution < -0.4 is 0 Å². The van der Waals surface area contributed by atoms with Crippen LogP contribution in [0.5, 0.6) is 0 Å². The van der Waals surface area contributed by atoms with E-state index in [0.717, 1.165) is 56.2 Å². The molecule has 5 rings (SSSR count). The first-order valence-electron chi connectivity index (χ1n) is 11.1. The fourth-order valence-corrected chi connectivity index (χ4v) is 4.31. The van der Waals surface area contributed by atoms with Crippen molar-refractivity contribution in [3.05, 3.63) is 107 Å². The highest BCUT2D eigenvalue weighted by Gasteiger charge is 2.13. The maximum Gasteiger partial charge on any atom is 0.335 e. The molecule has 0 spiro atoms. The van der Waals surface area contributed by atoms with Crippen LogP contribution in [0.1, 0.15) is 32.9 Å². The van der Waals surface area contributed by atoms with Crippen molar-refractivity contribution in [3.8, 4) is 17.0 Å². The molecule has 0 bridgehead atoms. The first-order chi connectivity index (χ1) is 16.4. The second-order valence-electron chi connectivity index (χ2n) is 8.42. The Balaban J connectivity index is 1.40. The van der Waals surface area contributed by atoms with Gasteiger partial charge in [0.2, 0.25) is 0 Å². The number of aromatic carboxylic acids is 1. The molecule has 0 aliphatic rings. The topological polar surface area (TPSA) is 67.7 Å². The van der Waals surface area contributed by atoms with Gasteiger partial charge in [0.15, 0.2) is 0 Å². The van der Waals surface area contributed by atoms with Crippen LogP contribution in [0.15, 0.2) is 88.3 Å². The third-order valence-corrected chi connectivity index (χ3v) is 6.08. The van der Waals surface area contributed by atoms with E-state index in [-0.39, 0.29) is 5.56 Å². The Kier molecular flexibility index (Phi) is 5.38. The zero-order valence-electron chi connectivity index (χ0n) is 19.2. The fourth-order valence-electron chi connectivity index (χ4n) is 4.31. The number of rotatable bonds is 5. The monoisotopic (exact) mass is 448 g/mol. The molecule has 0 atom stereocenters. The van der Waals surface area contributed by atoms with Gasteiger partial charge in [-0.1, -0.05) is 18.2 Å². The standard InChI is InChI=1S/C29H24N2O3/c1-18-14-23(29(32)33)10-13-26(18)31-19(2)15-24(20(31)3)17-30-25-11-8-21(9-12-25)28-16-22-6-4-5-7-27(22)34-28/h4-17H,1-3H3,(H,32,33). The van der Waals surface area contributed by atoms with E-state index in [1.54, 1.807) is 12.1 Å². The van der Waals surface area contributed by atoms with Gasteiger partial charge < -0.3 is 14.1 Å². The number of carbonyl (C=O) groups is 1. The smallest absolute Gasteiger partial charge is 0.335 e. The molecule has 0 radical (unpaired) electrons. The summed E-state index contributed by atoms with van der Waals surface area (Å²) >= 11 is 0. The van der Waals surface area contributed by atoms with Crippen molar-refractivity contribution in [2.45, 2.75) is 20.8 Å². The molecule has 34 heavy (non-hydrogen) atoms. The summed E-state index contributed by atoms with van der Waals surface area (Å²) in [6.07, 6.45) is 1.87. The quantitative estimate of drug-likeness (QED) is 0.288. The van der Waals surface area contributed by atoms with E-state index >= 15 is 0 Å². The van der Waals surface area contributed by atoms with E-state index < -0.39 is 5.97 Å². The minimum atomic E-state index is -0.922. The van der Waals surface area contributed by atoms with Crippen LogP contribution in [0.25, 0.3) is 28.0 Å². The van der Waals surface area contributed by atoms with Gasteiger partial charge >= 0.3 is 5.97 Å². The van der Waals surface area contributed by atoms with Gasteiger partial charge in [0, 0.05) is 39.8 Å². The number of para-hydroxylation sites is 1. The zero-order valence-corrected chi connectivity index (χ0v) is 19.2. The number of furan rings is 1. The molecule has 2 aromatic heterocycles. The van der Waals surface area contributed by atoms with E-state index in [1.807, 2.05) is 87.6 Å². The van der Waals surface area contributed by atoms with Crippen LogP contribution in [0.4, 0.5) is 5.69 Å². The highest BCUT2D eigenvalue weighted by atomic mass is 16.4. The van der Waals surface area contributed by atoms with Crippen LogP contribution in [0.2, 0.25) is 0 Å². The maximum absolute atomic E-state index is 11.3. The number of carboxylic acids is 1. The van der Waals surface area contributed by atoms with Crippen molar-refractivity contribution in [2.75, 3.05) is 0 Å². The number of aliphatic imine (C=N–C) groups is 1. The molecule has 168 valence electrons. The Labute approximate surface area is 197 Å². The van der Waals surface area contributed by atoms with E-state index in [0.29, 0.717) is 0 Å². The van der Waals surface area contributed by atoms with Gasteiger partial charge in [-0.25, -0.2) is 4.79 Å². The number of hydrogen-bond donors (Lipinski definition) is 1. The third-order valence-electron chi connectivity index (χ3n) is 6.08. The predicted octanol–water partition coefficient (Wildman–Crippen LogP) is 7.26. The number of aromatic nitrogens is 1. The molecule has 5 nitrogen and oxygen atoms in total. The highest BCUT2D eigenvalue weighted by Crippen LogP contribution is 2.29. The van der Waals surface area contributed by atoms with Gasteiger partial charge in [-0.2, -0.15) is 0 Å². The largest absolute Gasteiger partial charge is 0.478 e. The van der Waals surface area contributed by atoms with E-state index in [9.17, 15) is 9.90 Å². The average Bonchev–Trinajstić information content (AvgIpc) is 3.38. The van der Waals surface area contributed by atoms with Gasteiger partial charge in [0.25, 0.3) is 0 Å². The Morgan fingerprint density at radius 2 is 1.71 bits per heavy atom. The maximum atomic E-state index is 11.3. The normalized spacial score (nSPS) is 11.5. The van der Waals surface area contributed by atoms with Gasteiger partial charge in [-0.3, -0.25) is 4.99 Å². The second kappa shape index (κ2) is 8.52. The van der Waals surface area contributed by atoms with Crippen molar-refractivity contribution in [1.82, 2.24) is 4.57 Å². The molecule has 1 N–H and O–H groups in total. The summed E-state index contributed by atoms with van der Waals surface area (Å²) in [4.78, 5) is 15.9. The highest BCUT2D eigenvalue weighted by molar-refractivity contribution is 5.88. The van der Waals surface area contributed by atoms with Crippen molar-refractivity contribution >= 4 is 28.8 Å². The first-order valence-corrected chi connectivity index (χ1v) is 11.1. The van der Waals surface area contributed by atoms with Gasteiger partial charge in [-0.15, -0.1) is 0 Å². The van der Waals surface area contributed by atoms with Crippen molar-refractivity contribution < 1.29 is 14.3 Å². The summed E-state index contributed by atoms with van der Waals surface area (Å²) in [5, 5.41) is 10.3. The SMILES string of the molecule is Cc1cc(C(=O)O)ccc1-n1c(C)cc(C=Nc2ccc(-c3cc4ccccc4o3)cc2)c1C. The third kappa shape index (κ3) is 3.92. The molecular formula is C29H24N2O3. The Morgan fingerprint density at radius 1 is 0.941 bits per heavy atom. The van der Waals surface area contributed by atoms with Crippen molar-refractivity contribution in [1.29, 1.82) is 0 Å². The fraction of sp³-hybridized carbons (Fsp3) is 0.103. The first kappa shape index (κ1) is 21.5. The molecule has 2 heterocycles. The number of fused-ring (bicyclic) bond motifs is 1. The van der Waals surface area contributed by atoms with Crippen LogP contribution in [-0.4, -0.2) is 21.9 Å². The van der Waals surface area contributed by atoms with E-state index in [1.165, 1.54) is 0 Å². The summed E-state index contributed by atoms with van der Waals surface area (Å²) < 4.78 is 8.09. The zero-order chi connectivity index (χ0) is 23.8. The molecule has 5 heteroatoms. The molecule has 0 saturated carbocycles. The minimum absolute atomic E-state index is 0.289. The average molecular weight is 449 g/mol. The molecule has 5 aromatic rings. The molecular weight excluding hydrogens is 424 g/mol. The Morgan fingerprint density at radius 3 is 2.41 bits per heavy atom. The van der Waals surface area contributed by atoms with Crippen LogP contribution in [-0.2, 0) is 0 Å². The summed E-state index contributed by atoms with van der Waals surface area (Å²) in [7, 11) is 0. The van der Waals surface area contributed by atoms with Gasteiger partial charge in [-0.05, 0) is 87.0 Å². The molecule has 0 saturated heterocycles. The lowest BCUT2D eigenvalue weighted by molar-refractivity contribution is 0.0697. The Hall–Kier alpha value is -4.38. The molecule has 0 aliphatic heterocycles. The summed E-state index contributed by atoms with van der Waals surface area (Å²) in [6, 6.07) is 25.3. The van der Waals surface area contributed by atoms with Crippen molar-refractivity contribution in [2.24, 2.45) is 4.99 Å². The summed E-state index contributed by atoms with van der Waals surface area (Å²) in [5.74, 6) is -0.0840. The lowest BCUT2D eigenvalue weighted by Gasteiger charge is -2.13. The van der Waals surface area contributed by atoms with Crippen LogP contribution >= 0.6 is 0 Å². The van der Waals surface area contributed by atoms with Crippen molar-refractivity contribution in [3.63, 3.8) is 0 Å². The lowest BCUT2D eigenvalue weighted by Crippen LogP contribution is -2.04. The summed E-state index contributed by atoms with van der Waals surface area (Å²) in [6.45, 7) is 6.01. The second-order valence-corrected chi connectivity index (χ2v) is 8.42. The molecule has 0 amide bonds. The number of benzene rings is 3. The number of hydrogen-bond acceptors (Lipinski definition) is 3. The van der Waals surface area contributed by atoms with Gasteiger partial charge in [0.05, 0.1) is 11.3 Å². The molecule has 0 unspecified atom stereocenters. The summed E-state index contributed by atoms with van der Waals surface area (Å²) in [5.41, 5.74) is 8.03. The molecule has 0 aliphatic carbocycles. The minimum Gasteiger partial charge on any atom is -0.478 e. The van der Waals surface area contributed by atoms with E-state index in [2.05, 4.69) is 15.6 Å². The number of aryl methyl sites for hydroxylation is 2. The number of carboxylic acid groups (broad SMARTS) is 1. The van der Waals surface area contributed by atoms with Crippen LogP contribution in [0, 0.1) is 20.8 Å². The Bertz CT molecular complexity index is 1520. The molecule has 0 fully saturated rings. The predicted molar refractivity (Wildman–Crippen MR) is 136 cm³/mol.